The maximum atomic E-state index is 12.8. The number of benzene rings is 3. The van der Waals surface area contributed by atoms with Crippen LogP contribution in [0.2, 0.25) is 0 Å². The van der Waals surface area contributed by atoms with Crippen LogP contribution in [-0.4, -0.2) is 34.4 Å². The Morgan fingerprint density at radius 3 is 2.45 bits per heavy atom. The monoisotopic (exact) mass is 442 g/mol. The molecule has 0 radical (unpaired) electrons. The van der Waals surface area contributed by atoms with Crippen LogP contribution in [0.5, 0.6) is 5.75 Å². The molecule has 0 spiro atoms. The van der Waals surface area contributed by atoms with Crippen LogP contribution >= 0.6 is 0 Å². The highest BCUT2D eigenvalue weighted by atomic mass is 16.5. The molecule has 0 saturated carbocycles. The van der Waals surface area contributed by atoms with E-state index >= 15 is 0 Å². The zero-order valence-electron chi connectivity index (χ0n) is 18.5. The molecule has 1 unspecified atom stereocenters. The van der Waals surface area contributed by atoms with E-state index in [0.29, 0.717) is 11.3 Å². The summed E-state index contributed by atoms with van der Waals surface area (Å²) < 4.78 is 5.59. The van der Waals surface area contributed by atoms with E-state index in [1.807, 2.05) is 62.4 Å². The molecule has 4 rings (SSSR count). The summed E-state index contributed by atoms with van der Waals surface area (Å²) >= 11 is 0. The number of fused-ring (bicyclic) bond motifs is 1. The fourth-order valence-electron chi connectivity index (χ4n) is 3.57. The molecular formula is C26H26N4O3. The molecule has 7 heteroatoms. The predicted octanol–water partition coefficient (Wildman–Crippen LogP) is 3.99. The Hall–Kier alpha value is -4.13. The van der Waals surface area contributed by atoms with Crippen molar-refractivity contribution in [2.75, 3.05) is 6.54 Å². The second-order valence-corrected chi connectivity index (χ2v) is 7.96. The van der Waals surface area contributed by atoms with Crippen LogP contribution in [0, 0.1) is 0 Å². The molecule has 0 aliphatic carbocycles. The molecule has 0 saturated heterocycles. The van der Waals surface area contributed by atoms with Gasteiger partial charge in [-0.25, -0.2) is 4.98 Å². The summed E-state index contributed by atoms with van der Waals surface area (Å²) in [6, 6.07) is 22.0. The standard InChI is InChI=1S/C26H26N4O3/c1-17(2)33-21-11-8-19(9-12-21)26(32)27-15-24(31)30-25(18-6-4-3-5-7-18)20-10-13-22-23(14-20)29-16-28-22/h3-14,16-17,25H,15H2,1-2H3,(H,27,32)(H,28,29)(H,30,31). The highest BCUT2D eigenvalue weighted by molar-refractivity contribution is 5.96. The Morgan fingerprint density at radius 1 is 0.970 bits per heavy atom. The first-order valence-corrected chi connectivity index (χ1v) is 10.8. The maximum Gasteiger partial charge on any atom is 0.251 e. The lowest BCUT2D eigenvalue weighted by atomic mass is 9.98. The van der Waals surface area contributed by atoms with Gasteiger partial charge in [0.25, 0.3) is 5.91 Å². The number of hydrogen-bond acceptors (Lipinski definition) is 4. The SMILES string of the molecule is CC(C)Oc1ccc(C(=O)NCC(=O)NC(c2ccccc2)c2ccc3nc[nH]c3c2)cc1. The van der Waals surface area contributed by atoms with Crippen LogP contribution in [0.4, 0.5) is 0 Å². The summed E-state index contributed by atoms with van der Waals surface area (Å²) in [5.41, 5.74) is 4.06. The van der Waals surface area contributed by atoms with Crippen molar-refractivity contribution in [1.29, 1.82) is 0 Å². The number of aromatic nitrogens is 2. The van der Waals surface area contributed by atoms with Crippen LogP contribution in [-0.2, 0) is 4.79 Å². The van der Waals surface area contributed by atoms with E-state index < -0.39 is 0 Å². The zero-order valence-corrected chi connectivity index (χ0v) is 18.5. The third-order valence-corrected chi connectivity index (χ3v) is 5.11. The molecule has 0 bridgehead atoms. The summed E-state index contributed by atoms with van der Waals surface area (Å²) in [6.07, 6.45) is 1.70. The Balaban J connectivity index is 1.43. The zero-order chi connectivity index (χ0) is 23.2. The minimum Gasteiger partial charge on any atom is -0.491 e. The van der Waals surface area contributed by atoms with Crippen LogP contribution < -0.4 is 15.4 Å². The quantitative estimate of drug-likeness (QED) is 0.385. The number of nitrogens with one attached hydrogen (secondary N) is 3. The van der Waals surface area contributed by atoms with Gasteiger partial charge in [-0.15, -0.1) is 0 Å². The minimum atomic E-state index is -0.365. The number of hydrogen-bond donors (Lipinski definition) is 3. The number of amides is 2. The molecule has 168 valence electrons. The fraction of sp³-hybridized carbons (Fsp3) is 0.192. The van der Waals surface area contributed by atoms with Gasteiger partial charge in [-0.05, 0) is 61.4 Å². The molecule has 3 aromatic carbocycles. The van der Waals surface area contributed by atoms with Gasteiger partial charge in [0, 0.05) is 5.56 Å². The molecule has 4 aromatic rings. The van der Waals surface area contributed by atoms with Crippen molar-refractivity contribution in [3.8, 4) is 5.75 Å². The van der Waals surface area contributed by atoms with E-state index in [1.165, 1.54) is 0 Å². The van der Waals surface area contributed by atoms with Crippen molar-refractivity contribution in [1.82, 2.24) is 20.6 Å². The molecule has 1 heterocycles. The number of H-pyrrole nitrogens is 1. The summed E-state index contributed by atoms with van der Waals surface area (Å²) in [4.78, 5) is 32.6. The smallest absolute Gasteiger partial charge is 0.251 e. The van der Waals surface area contributed by atoms with E-state index in [0.717, 1.165) is 22.2 Å². The average Bonchev–Trinajstić information content (AvgIpc) is 3.29. The van der Waals surface area contributed by atoms with Gasteiger partial charge in [0.2, 0.25) is 5.91 Å². The van der Waals surface area contributed by atoms with Crippen LogP contribution in [0.25, 0.3) is 11.0 Å². The first-order valence-electron chi connectivity index (χ1n) is 10.8. The molecule has 1 aromatic heterocycles. The molecule has 33 heavy (non-hydrogen) atoms. The lowest BCUT2D eigenvalue weighted by Gasteiger charge is -2.20. The third-order valence-electron chi connectivity index (χ3n) is 5.11. The molecule has 0 fully saturated rings. The van der Waals surface area contributed by atoms with Crippen molar-refractivity contribution >= 4 is 22.8 Å². The molecule has 0 aliphatic rings. The number of carbonyl (C=O) groups excluding carboxylic acids is 2. The van der Waals surface area contributed by atoms with Crippen LogP contribution in [0.15, 0.2) is 79.1 Å². The Labute approximate surface area is 192 Å². The lowest BCUT2D eigenvalue weighted by Crippen LogP contribution is -2.39. The normalized spacial score (nSPS) is 11.8. The van der Waals surface area contributed by atoms with Crippen LogP contribution in [0.1, 0.15) is 41.4 Å². The van der Waals surface area contributed by atoms with Gasteiger partial charge >= 0.3 is 0 Å². The highest BCUT2D eigenvalue weighted by Gasteiger charge is 2.18. The Bertz CT molecular complexity index is 1230. The molecule has 7 nitrogen and oxygen atoms in total. The average molecular weight is 443 g/mol. The predicted molar refractivity (Wildman–Crippen MR) is 127 cm³/mol. The number of rotatable bonds is 8. The van der Waals surface area contributed by atoms with Crippen molar-refractivity contribution in [2.45, 2.75) is 26.0 Å². The van der Waals surface area contributed by atoms with Gasteiger partial charge in [-0.1, -0.05) is 36.4 Å². The van der Waals surface area contributed by atoms with Crippen LogP contribution in [0.3, 0.4) is 0 Å². The van der Waals surface area contributed by atoms with E-state index in [4.69, 9.17) is 4.74 Å². The third kappa shape index (κ3) is 5.57. The largest absolute Gasteiger partial charge is 0.491 e. The molecule has 3 N–H and O–H groups in total. The number of imidazole rings is 1. The maximum absolute atomic E-state index is 12.8. The first kappa shape index (κ1) is 22.1. The molecule has 2 amide bonds. The number of carbonyl (C=O) groups is 2. The molecule has 0 aliphatic heterocycles. The Kier molecular flexibility index (Phi) is 6.69. The number of nitrogens with zero attached hydrogens (tertiary/aromatic N) is 1. The number of ether oxygens (including phenoxy) is 1. The van der Waals surface area contributed by atoms with E-state index in [9.17, 15) is 9.59 Å². The van der Waals surface area contributed by atoms with Gasteiger partial charge < -0.3 is 20.4 Å². The topological polar surface area (TPSA) is 96.1 Å². The minimum absolute atomic E-state index is 0.0555. The van der Waals surface area contributed by atoms with Crippen molar-refractivity contribution in [3.05, 3.63) is 95.8 Å². The van der Waals surface area contributed by atoms with Crippen molar-refractivity contribution in [3.63, 3.8) is 0 Å². The van der Waals surface area contributed by atoms with E-state index in [2.05, 4.69) is 20.6 Å². The second kappa shape index (κ2) is 9.99. The summed E-state index contributed by atoms with van der Waals surface area (Å²) in [6.45, 7) is 3.74. The summed E-state index contributed by atoms with van der Waals surface area (Å²) in [5.74, 6) is 0.0808. The van der Waals surface area contributed by atoms with Gasteiger partial charge in [-0.3, -0.25) is 9.59 Å². The van der Waals surface area contributed by atoms with Gasteiger partial charge in [-0.2, -0.15) is 0 Å². The number of aromatic amines is 1. The highest BCUT2D eigenvalue weighted by Crippen LogP contribution is 2.24. The van der Waals surface area contributed by atoms with E-state index in [1.54, 1.807) is 30.6 Å². The molecule has 1 atom stereocenters. The fourth-order valence-corrected chi connectivity index (χ4v) is 3.57. The van der Waals surface area contributed by atoms with Gasteiger partial charge in [0.1, 0.15) is 5.75 Å². The lowest BCUT2D eigenvalue weighted by molar-refractivity contribution is -0.120. The van der Waals surface area contributed by atoms with Crippen molar-refractivity contribution < 1.29 is 14.3 Å². The second-order valence-electron chi connectivity index (χ2n) is 7.96. The first-order chi connectivity index (χ1) is 16.0. The van der Waals surface area contributed by atoms with Gasteiger partial charge in [0.05, 0.1) is 36.1 Å². The summed E-state index contributed by atoms with van der Waals surface area (Å²) in [7, 11) is 0. The van der Waals surface area contributed by atoms with E-state index in [-0.39, 0.29) is 30.5 Å². The van der Waals surface area contributed by atoms with Crippen molar-refractivity contribution in [2.24, 2.45) is 0 Å². The van der Waals surface area contributed by atoms with Gasteiger partial charge in [0.15, 0.2) is 0 Å². The Morgan fingerprint density at radius 2 is 1.73 bits per heavy atom. The molecular weight excluding hydrogens is 416 g/mol. The summed E-state index contributed by atoms with van der Waals surface area (Å²) in [5, 5.41) is 5.72.